The molecule has 0 bridgehead atoms. The fraction of sp³-hybridized carbons (Fsp3) is 1.00. The average molecular weight is 221 g/mol. The van der Waals surface area contributed by atoms with Gasteiger partial charge in [-0.2, -0.15) is 11.8 Å². The Balaban J connectivity index is 3.73. The molecule has 14 heavy (non-hydrogen) atoms. The molecule has 0 aromatic heterocycles. The van der Waals surface area contributed by atoms with Gasteiger partial charge in [-0.25, -0.2) is 0 Å². The first-order valence-electron chi connectivity index (χ1n) is 4.97. The topological polar surface area (TPSA) is 52.5 Å². The number of nitrogens with one attached hydrogen (secondary N) is 1. The van der Waals surface area contributed by atoms with Crippen LogP contribution in [0.4, 0.5) is 0 Å². The van der Waals surface area contributed by atoms with Crippen LogP contribution in [0, 0.1) is 0 Å². The van der Waals surface area contributed by atoms with Crippen molar-refractivity contribution in [3.8, 4) is 0 Å². The summed E-state index contributed by atoms with van der Waals surface area (Å²) in [6, 6.07) is 0. The summed E-state index contributed by atoms with van der Waals surface area (Å²) < 4.78 is 0. The molecule has 86 valence electrons. The number of rotatable bonds is 7. The largest absolute Gasteiger partial charge is 0.389 e. The lowest BCUT2D eigenvalue weighted by atomic mass is 10.0. The third-order valence-corrected chi connectivity index (χ3v) is 3.14. The van der Waals surface area contributed by atoms with E-state index in [0.717, 1.165) is 0 Å². The standard InChI is InChI=1S/C10H23NO2S/c1-5-9(2,12)6-11-7-10(3,13)8-14-4/h11-13H,5-8H2,1-4H3. The Morgan fingerprint density at radius 2 is 1.64 bits per heavy atom. The lowest BCUT2D eigenvalue weighted by molar-refractivity contribution is 0.0408. The lowest BCUT2D eigenvalue weighted by Gasteiger charge is -2.27. The summed E-state index contributed by atoms with van der Waals surface area (Å²) in [5, 5.41) is 22.6. The number of thioether (sulfide) groups is 1. The fourth-order valence-corrected chi connectivity index (χ4v) is 1.81. The predicted octanol–water partition coefficient (Wildman–Crippen LogP) is 0.851. The Labute approximate surface area is 91.3 Å². The van der Waals surface area contributed by atoms with E-state index in [1.807, 2.05) is 13.2 Å². The highest BCUT2D eigenvalue weighted by molar-refractivity contribution is 7.98. The normalized spacial score (nSPS) is 20.1. The van der Waals surface area contributed by atoms with Crippen LogP contribution in [0.2, 0.25) is 0 Å². The van der Waals surface area contributed by atoms with E-state index in [1.54, 1.807) is 25.6 Å². The molecule has 0 aliphatic rings. The fourth-order valence-electron chi connectivity index (χ4n) is 1.09. The summed E-state index contributed by atoms with van der Waals surface area (Å²) in [6.45, 7) is 6.58. The smallest absolute Gasteiger partial charge is 0.0833 e. The number of aliphatic hydroxyl groups is 2. The zero-order valence-corrected chi connectivity index (χ0v) is 10.4. The van der Waals surface area contributed by atoms with Gasteiger partial charge in [0.15, 0.2) is 0 Å². The molecule has 2 unspecified atom stereocenters. The zero-order chi connectivity index (χ0) is 11.2. The van der Waals surface area contributed by atoms with Gasteiger partial charge < -0.3 is 15.5 Å². The van der Waals surface area contributed by atoms with Gasteiger partial charge in [0.05, 0.1) is 11.2 Å². The first-order valence-corrected chi connectivity index (χ1v) is 6.37. The van der Waals surface area contributed by atoms with Crippen molar-refractivity contribution < 1.29 is 10.2 Å². The Kier molecular flexibility index (Phi) is 6.05. The summed E-state index contributed by atoms with van der Waals surface area (Å²) >= 11 is 1.62. The first kappa shape index (κ1) is 14.2. The summed E-state index contributed by atoms with van der Waals surface area (Å²) in [6.07, 6.45) is 2.68. The molecule has 0 radical (unpaired) electrons. The van der Waals surface area contributed by atoms with Gasteiger partial charge in [-0.05, 0) is 26.5 Å². The molecule has 0 spiro atoms. The van der Waals surface area contributed by atoms with Gasteiger partial charge in [0.25, 0.3) is 0 Å². The molecular formula is C10H23NO2S. The quantitative estimate of drug-likeness (QED) is 0.596. The molecule has 4 heteroatoms. The van der Waals surface area contributed by atoms with Crippen LogP contribution >= 0.6 is 11.8 Å². The van der Waals surface area contributed by atoms with E-state index in [0.29, 0.717) is 25.3 Å². The second-order valence-electron chi connectivity index (χ2n) is 4.38. The molecule has 0 aliphatic carbocycles. The van der Waals surface area contributed by atoms with Crippen LogP contribution in [0.5, 0.6) is 0 Å². The van der Waals surface area contributed by atoms with Gasteiger partial charge in [-0.15, -0.1) is 0 Å². The summed E-state index contributed by atoms with van der Waals surface area (Å²) in [5.41, 5.74) is -1.36. The molecular weight excluding hydrogens is 198 g/mol. The van der Waals surface area contributed by atoms with E-state index < -0.39 is 11.2 Å². The van der Waals surface area contributed by atoms with Gasteiger partial charge in [-0.3, -0.25) is 0 Å². The molecule has 0 heterocycles. The van der Waals surface area contributed by atoms with Crippen molar-refractivity contribution in [2.75, 3.05) is 25.1 Å². The SMILES string of the molecule is CCC(C)(O)CNCC(C)(O)CSC. The van der Waals surface area contributed by atoms with Gasteiger partial charge in [-0.1, -0.05) is 6.92 Å². The van der Waals surface area contributed by atoms with Crippen molar-refractivity contribution in [1.82, 2.24) is 5.32 Å². The minimum Gasteiger partial charge on any atom is -0.389 e. The minimum absolute atomic E-state index is 0.518. The second kappa shape index (κ2) is 5.95. The monoisotopic (exact) mass is 221 g/mol. The summed E-state index contributed by atoms with van der Waals surface area (Å²) in [4.78, 5) is 0. The van der Waals surface area contributed by atoms with E-state index in [4.69, 9.17) is 0 Å². The van der Waals surface area contributed by atoms with Crippen molar-refractivity contribution in [2.24, 2.45) is 0 Å². The zero-order valence-electron chi connectivity index (χ0n) is 9.63. The maximum Gasteiger partial charge on any atom is 0.0833 e. The Hall–Kier alpha value is 0.230. The van der Waals surface area contributed by atoms with Crippen molar-refractivity contribution in [3.05, 3.63) is 0 Å². The average Bonchev–Trinajstić information content (AvgIpc) is 2.03. The van der Waals surface area contributed by atoms with E-state index in [2.05, 4.69) is 5.32 Å². The number of hydrogen-bond donors (Lipinski definition) is 3. The molecule has 0 aromatic rings. The number of hydrogen-bond acceptors (Lipinski definition) is 4. The van der Waals surface area contributed by atoms with Crippen molar-refractivity contribution >= 4 is 11.8 Å². The predicted molar refractivity (Wildman–Crippen MR) is 62.8 cm³/mol. The van der Waals surface area contributed by atoms with Gasteiger partial charge in [0, 0.05) is 18.8 Å². The van der Waals surface area contributed by atoms with Gasteiger partial charge in [0.2, 0.25) is 0 Å². The highest BCUT2D eigenvalue weighted by Gasteiger charge is 2.22. The minimum atomic E-state index is -0.691. The Morgan fingerprint density at radius 3 is 2.07 bits per heavy atom. The molecule has 0 aliphatic heterocycles. The first-order chi connectivity index (χ1) is 6.33. The van der Waals surface area contributed by atoms with Crippen molar-refractivity contribution in [1.29, 1.82) is 0 Å². The maximum atomic E-state index is 9.82. The molecule has 0 saturated heterocycles. The van der Waals surface area contributed by atoms with Crippen molar-refractivity contribution in [3.63, 3.8) is 0 Å². The molecule has 0 rings (SSSR count). The van der Waals surface area contributed by atoms with Gasteiger partial charge in [0.1, 0.15) is 0 Å². The maximum absolute atomic E-state index is 9.82. The third-order valence-electron chi connectivity index (χ3n) is 2.23. The van der Waals surface area contributed by atoms with E-state index in [9.17, 15) is 10.2 Å². The van der Waals surface area contributed by atoms with Crippen LogP contribution in [-0.4, -0.2) is 46.5 Å². The highest BCUT2D eigenvalue weighted by Crippen LogP contribution is 2.10. The highest BCUT2D eigenvalue weighted by atomic mass is 32.2. The van der Waals surface area contributed by atoms with Crippen LogP contribution in [0.15, 0.2) is 0 Å². The second-order valence-corrected chi connectivity index (χ2v) is 5.25. The van der Waals surface area contributed by atoms with Crippen LogP contribution < -0.4 is 5.32 Å². The Bertz CT molecular complexity index is 160. The summed E-state index contributed by atoms with van der Waals surface area (Å²) in [7, 11) is 0. The van der Waals surface area contributed by atoms with Crippen LogP contribution in [0.25, 0.3) is 0 Å². The van der Waals surface area contributed by atoms with E-state index >= 15 is 0 Å². The molecule has 0 fully saturated rings. The third kappa shape index (κ3) is 6.65. The Morgan fingerprint density at radius 1 is 1.14 bits per heavy atom. The molecule has 0 aromatic carbocycles. The summed E-state index contributed by atoms with van der Waals surface area (Å²) in [5.74, 6) is 0.703. The molecule has 0 saturated carbocycles. The van der Waals surface area contributed by atoms with Gasteiger partial charge >= 0.3 is 0 Å². The molecule has 3 N–H and O–H groups in total. The van der Waals surface area contributed by atoms with Crippen LogP contribution in [0.3, 0.4) is 0 Å². The van der Waals surface area contributed by atoms with E-state index in [-0.39, 0.29) is 0 Å². The molecule has 2 atom stereocenters. The van der Waals surface area contributed by atoms with Crippen molar-refractivity contribution in [2.45, 2.75) is 38.4 Å². The molecule has 0 amide bonds. The lowest BCUT2D eigenvalue weighted by Crippen LogP contribution is -2.45. The molecule has 3 nitrogen and oxygen atoms in total. The van der Waals surface area contributed by atoms with E-state index in [1.165, 1.54) is 0 Å². The van der Waals surface area contributed by atoms with Crippen LogP contribution in [-0.2, 0) is 0 Å². The van der Waals surface area contributed by atoms with Crippen LogP contribution in [0.1, 0.15) is 27.2 Å².